The lowest BCUT2D eigenvalue weighted by atomic mass is 9.96. The molecule has 5 rings (SSSR count). The van der Waals surface area contributed by atoms with Gasteiger partial charge in [-0.05, 0) is 72.9 Å². The number of nitrogens with zero attached hydrogens (tertiary/aromatic N) is 1. The minimum Gasteiger partial charge on any atom is -0.493 e. The third-order valence-corrected chi connectivity index (χ3v) is 6.94. The summed E-state index contributed by atoms with van der Waals surface area (Å²) in [4.78, 5) is 29.2. The summed E-state index contributed by atoms with van der Waals surface area (Å²) in [6.45, 7) is 4.20. The Hall–Kier alpha value is -3.77. The van der Waals surface area contributed by atoms with Crippen molar-refractivity contribution in [3.05, 3.63) is 103 Å². The molecular weight excluding hydrogens is 478 g/mol. The van der Waals surface area contributed by atoms with Crippen molar-refractivity contribution in [3.63, 3.8) is 0 Å². The van der Waals surface area contributed by atoms with Gasteiger partial charge in [0, 0.05) is 11.6 Å². The van der Waals surface area contributed by atoms with Gasteiger partial charge in [0.25, 0.3) is 5.91 Å². The number of aryl methyl sites for hydroxylation is 2. The number of amides is 1. The molecule has 1 unspecified atom stereocenters. The molecule has 36 heavy (non-hydrogen) atoms. The molecule has 0 bridgehead atoms. The summed E-state index contributed by atoms with van der Waals surface area (Å²) in [6, 6.07) is 16.1. The smallest absolute Gasteiger partial charge is 0.290 e. The van der Waals surface area contributed by atoms with Crippen molar-refractivity contribution in [2.24, 2.45) is 0 Å². The summed E-state index contributed by atoms with van der Waals surface area (Å²) in [7, 11) is 3.18. The van der Waals surface area contributed by atoms with Crippen LogP contribution in [0.1, 0.15) is 44.4 Å². The highest BCUT2D eigenvalue weighted by Gasteiger charge is 2.42. The van der Waals surface area contributed by atoms with Gasteiger partial charge in [-0.25, -0.2) is 0 Å². The molecule has 2 heterocycles. The zero-order chi connectivity index (χ0) is 25.6. The van der Waals surface area contributed by atoms with E-state index in [-0.39, 0.29) is 17.1 Å². The molecule has 1 atom stereocenters. The normalized spacial score (nSPS) is 14.9. The Morgan fingerprint density at radius 3 is 2.36 bits per heavy atom. The second kappa shape index (κ2) is 9.36. The first-order valence-corrected chi connectivity index (χ1v) is 12.1. The quantitative estimate of drug-likeness (QED) is 0.329. The number of benzene rings is 3. The molecule has 1 aromatic heterocycles. The lowest BCUT2D eigenvalue weighted by Gasteiger charge is -2.25. The molecule has 0 radical (unpaired) electrons. The standard InChI is InChI=1S/C29H26ClNO5/c1-16-13-17(2)24-23(14-16)36-28-25(27(24)32)26(19-6-8-20(30)9-7-19)31(29(28)33)12-11-18-5-10-21(34-3)22(15-18)35-4/h5-10,13-15,26H,11-12H2,1-4H3. The van der Waals surface area contributed by atoms with E-state index < -0.39 is 6.04 Å². The maximum absolute atomic E-state index is 13.8. The predicted molar refractivity (Wildman–Crippen MR) is 140 cm³/mol. The van der Waals surface area contributed by atoms with E-state index >= 15 is 0 Å². The van der Waals surface area contributed by atoms with Crippen LogP contribution in [0, 0.1) is 13.8 Å². The van der Waals surface area contributed by atoms with Crippen molar-refractivity contribution in [2.75, 3.05) is 20.8 Å². The molecule has 0 fully saturated rings. The van der Waals surface area contributed by atoms with Crippen molar-refractivity contribution in [3.8, 4) is 11.5 Å². The summed E-state index contributed by atoms with van der Waals surface area (Å²) in [6.07, 6.45) is 0.552. The van der Waals surface area contributed by atoms with Gasteiger partial charge in [0.05, 0.1) is 31.2 Å². The van der Waals surface area contributed by atoms with Gasteiger partial charge < -0.3 is 18.8 Å². The summed E-state index contributed by atoms with van der Waals surface area (Å²) in [5.41, 5.74) is 4.19. The molecule has 4 aromatic rings. The van der Waals surface area contributed by atoms with E-state index in [9.17, 15) is 9.59 Å². The van der Waals surface area contributed by atoms with E-state index in [1.165, 1.54) is 0 Å². The van der Waals surface area contributed by atoms with Crippen LogP contribution in [0.5, 0.6) is 11.5 Å². The van der Waals surface area contributed by atoms with E-state index in [2.05, 4.69) is 0 Å². The van der Waals surface area contributed by atoms with Gasteiger partial charge >= 0.3 is 0 Å². The van der Waals surface area contributed by atoms with Gasteiger partial charge in [0.15, 0.2) is 16.9 Å². The highest BCUT2D eigenvalue weighted by atomic mass is 35.5. The first kappa shape index (κ1) is 23.9. The van der Waals surface area contributed by atoms with E-state index in [1.54, 1.807) is 37.3 Å². The summed E-state index contributed by atoms with van der Waals surface area (Å²) in [5.74, 6) is 1.06. The Morgan fingerprint density at radius 1 is 0.944 bits per heavy atom. The van der Waals surface area contributed by atoms with Crippen molar-refractivity contribution in [1.29, 1.82) is 0 Å². The average Bonchev–Trinajstić information content (AvgIpc) is 3.14. The number of methoxy groups -OCH3 is 2. The number of halogens is 1. The van der Waals surface area contributed by atoms with Gasteiger partial charge in [-0.2, -0.15) is 0 Å². The molecule has 0 aliphatic carbocycles. The number of carbonyl (C=O) groups excluding carboxylic acids is 1. The van der Waals surface area contributed by atoms with Crippen LogP contribution in [-0.2, 0) is 6.42 Å². The highest BCUT2D eigenvalue weighted by Crippen LogP contribution is 2.39. The zero-order valence-corrected chi connectivity index (χ0v) is 21.3. The first-order valence-electron chi connectivity index (χ1n) is 11.7. The highest BCUT2D eigenvalue weighted by molar-refractivity contribution is 6.30. The first-order chi connectivity index (χ1) is 17.3. The second-order valence-electron chi connectivity index (χ2n) is 9.02. The Balaban J connectivity index is 1.61. The molecule has 7 heteroatoms. The predicted octanol–water partition coefficient (Wildman–Crippen LogP) is 5.87. The Bertz CT molecular complexity index is 1540. The van der Waals surface area contributed by atoms with Gasteiger partial charge in [-0.1, -0.05) is 35.9 Å². The molecule has 0 saturated heterocycles. The molecule has 1 aliphatic heterocycles. The minimum atomic E-state index is -0.578. The molecule has 0 spiro atoms. The Labute approximate surface area is 214 Å². The minimum absolute atomic E-state index is 0.102. The molecule has 3 aromatic carbocycles. The molecule has 184 valence electrons. The topological polar surface area (TPSA) is 69.0 Å². The van der Waals surface area contributed by atoms with Crippen molar-refractivity contribution < 1.29 is 18.7 Å². The van der Waals surface area contributed by atoms with Crippen molar-refractivity contribution in [2.45, 2.75) is 26.3 Å². The number of carbonyl (C=O) groups is 1. The number of fused-ring (bicyclic) bond motifs is 2. The third kappa shape index (κ3) is 4.01. The molecule has 1 amide bonds. The van der Waals surface area contributed by atoms with Gasteiger partial charge in [-0.15, -0.1) is 0 Å². The molecular formula is C29H26ClNO5. The number of hydrogen-bond acceptors (Lipinski definition) is 5. The number of ether oxygens (including phenoxy) is 2. The van der Waals surface area contributed by atoms with Crippen LogP contribution in [0.3, 0.4) is 0 Å². The number of rotatable bonds is 6. The van der Waals surface area contributed by atoms with E-state index in [0.29, 0.717) is 46.0 Å². The van der Waals surface area contributed by atoms with Crippen LogP contribution in [0.2, 0.25) is 5.02 Å². The summed E-state index contributed by atoms with van der Waals surface area (Å²) in [5, 5.41) is 1.09. The van der Waals surface area contributed by atoms with E-state index in [0.717, 1.165) is 22.3 Å². The van der Waals surface area contributed by atoms with E-state index in [1.807, 2.05) is 50.2 Å². The largest absolute Gasteiger partial charge is 0.493 e. The van der Waals surface area contributed by atoms with Crippen molar-refractivity contribution in [1.82, 2.24) is 4.90 Å². The SMILES string of the molecule is COc1ccc(CCN2C(=O)c3oc4cc(C)cc(C)c4c(=O)c3C2c2ccc(Cl)cc2)cc1OC. The molecule has 0 N–H and O–H groups in total. The lowest BCUT2D eigenvalue weighted by Crippen LogP contribution is -2.31. The molecule has 6 nitrogen and oxygen atoms in total. The van der Waals surface area contributed by atoms with Crippen LogP contribution in [0.25, 0.3) is 11.0 Å². The van der Waals surface area contributed by atoms with Gasteiger partial charge in [-0.3, -0.25) is 9.59 Å². The maximum Gasteiger partial charge on any atom is 0.290 e. The number of hydrogen-bond donors (Lipinski definition) is 0. The van der Waals surface area contributed by atoms with Crippen LogP contribution in [-0.4, -0.2) is 31.6 Å². The lowest BCUT2D eigenvalue weighted by molar-refractivity contribution is 0.0730. The van der Waals surface area contributed by atoms with Crippen LogP contribution < -0.4 is 14.9 Å². The maximum atomic E-state index is 13.8. The van der Waals surface area contributed by atoms with Gasteiger partial charge in [0.1, 0.15) is 5.58 Å². The fourth-order valence-corrected chi connectivity index (χ4v) is 5.15. The van der Waals surface area contributed by atoms with Crippen LogP contribution in [0.15, 0.2) is 63.8 Å². The van der Waals surface area contributed by atoms with Crippen LogP contribution in [0.4, 0.5) is 0 Å². The molecule has 1 aliphatic rings. The van der Waals surface area contributed by atoms with Gasteiger partial charge in [0.2, 0.25) is 5.76 Å². The third-order valence-electron chi connectivity index (χ3n) is 6.69. The monoisotopic (exact) mass is 503 g/mol. The molecule has 0 saturated carbocycles. The zero-order valence-electron chi connectivity index (χ0n) is 20.6. The fraction of sp³-hybridized carbons (Fsp3) is 0.241. The summed E-state index contributed by atoms with van der Waals surface area (Å²) < 4.78 is 16.9. The van der Waals surface area contributed by atoms with Crippen LogP contribution >= 0.6 is 11.6 Å². The summed E-state index contributed by atoms with van der Waals surface area (Å²) >= 11 is 6.14. The van der Waals surface area contributed by atoms with Crippen molar-refractivity contribution >= 4 is 28.5 Å². The fourth-order valence-electron chi connectivity index (χ4n) is 5.02. The Kier molecular flexibility index (Phi) is 6.22. The second-order valence-corrected chi connectivity index (χ2v) is 9.46. The van der Waals surface area contributed by atoms with E-state index in [4.69, 9.17) is 25.5 Å². The average molecular weight is 504 g/mol. The Morgan fingerprint density at radius 2 is 1.67 bits per heavy atom.